The van der Waals surface area contributed by atoms with Gasteiger partial charge in [0, 0.05) is 30.7 Å². The maximum absolute atomic E-state index is 10.9. The molecule has 4 nitrogen and oxygen atoms in total. The van der Waals surface area contributed by atoms with Crippen LogP contribution in [0.4, 0.5) is 0 Å². The van der Waals surface area contributed by atoms with Gasteiger partial charge in [-0.1, -0.05) is 0 Å². The molecule has 0 aromatic carbocycles. The predicted octanol–water partition coefficient (Wildman–Crippen LogP) is 1.76. The van der Waals surface area contributed by atoms with E-state index in [-0.39, 0.29) is 11.8 Å². The molecule has 0 radical (unpaired) electrons. The number of carboxylic acids is 1. The molecule has 2 aromatic rings. The Morgan fingerprint density at radius 2 is 2.44 bits per heavy atom. The molecule has 0 spiro atoms. The van der Waals surface area contributed by atoms with Gasteiger partial charge < -0.3 is 9.67 Å². The van der Waals surface area contributed by atoms with Crippen LogP contribution in [0.25, 0.3) is 11.0 Å². The van der Waals surface area contributed by atoms with Gasteiger partial charge in [0.25, 0.3) is 0 Å². The van der Waals surface area contributed by atoms with Gasteiger partial charge >= 0.3 is 5.97 Å². The smallest absolute Gasteiger partial charge is 0.307 e. The van der Waals surface area contributed by atoms with Gasteiger partial charge in [-0.15, -0.1) is 0 Å². The average molecular weight is 216 g/mol. The number of aliphatic carboxylic acids is 1. The molecular formula is C12H12N2O2. The van der Waals surface area contributed by atoms with E-state index >= 15 is 0 Å². The second-order valence-electron chi connectivity index (χ2n) is 4.36. The lowest BCUT2D eigenvalue weighted by atomic mass is 10.1. The molecule has 0 bridgehead atoms. The molecule has 0 aliphatic heterocycles. The lowest BCUT2D eigenvalue weighted by molar-refractivity contribution is -0.138. The second-order valence-corrected chi connectivity index (χ2v) is 4.36. The Balaban J connectivity index is 2.09. The highest BCUT2D eigenvalue weighted by Gasteiger charge is 2.45. The van der Waals surface area contributed by atoms with Crippen molar-refractivity contribution in [2.45, 2.75) is 12.3 Å². The van der Waals surface area contributed by atoms with Crippen LogP contribution in [-0.2, 0) is 11.8 Å². The third-order valence-electron chi connectivity index (χ3n) is 3.27. The molecular weight excluding hydrogens is 204 g/mol. The SMILES string of the molecule is Cn1cc(C2CC2C(=O)O)c2cccnc21. The Hall–Kier alpha value is -1.84. The van der Waals surface area contributed by atoms with Crippen molar-refractivity contribution in [3.63, 3.8) is 0 Å². The lowest BCUT2D eigenvalue weighted by Crippen LogP contribution is -1.98. The second kappa shape index (κ2) is 3.07. The number of hydrogen-bond donors (Lipinski definition) is 1. The molecule has 1 N–H and O–H groups in total. The summed E-state index contributed by atoms with van der Waals surface area (Å²) in [7, 11) is 1.94. The molecule has 2 heterocycles. The summed E-state index contributed by atoms with van der Waals surface area (Å²) >= 11 is 0. The molecule has 1 saturated carbocycles. The van der Waals surface area contributed by atoms with Gasteiger partial charge in [-0.3, -0.25) is 4.79 Å². The van der Waals surface area contributed by atoms with Gasteiger partial charge in [-0.2, -0.15) is 0 Å². The lowest BCUT2D eigenvalue weighted by Gasteiger charge is -1.94. The van der Waals surface area contributed by atoms with Gasteiger partial charge in [-0.05, 0) is 24.1 Å². The number of aryl methyl sites for hydroxylation is 1. The summed E-state index contributed by atoms with van der Waals surface area (Å²) in [5.41, 5.74) is 2.05. The van der Waals surface area contributed by atoms with E-state index in [1.807, 2.05) is 29.9 Å². The first-order chi connectivity index (χ1) is 7.68. The number of rotatable bonds is 2. The van der Waals surface area contributed by atoms with E-state index in [0.717, 1.165) is 23.0 Å². The molecule has 2 unspecified atom stereocenters. The Morgan fingerprint density at radius 3 is 3.12 bits per heavy atom. The van der Waals surface area contributed by atoms with Crippen LogP contribution in [-0.4, -0.2) is 20.6 Å². The number of fused-ring (bicyclic) bond motifs is 1. The van der Waals surface area contributed by atoms with Crippen molar-refractivity contribution in [2.75, 3.05) is 0 Å². The number of nitrogens with zero attached hydrogens (tertiary/aromatic N) is 2. The molecule has 1 fully saturated rings. The van der Waals surface area contributed by atoms with Crippen molar-refractivity contribution >= 4 is 17.0 Å². The summed E-state index contributed by atoms with van der Waals surface area (Å²) in [6.45, 7) is 0. The monoisotopic (exact) mass is 216 g/mol. The zero-order valence-corrected chi connectivity index (χ0v) is 8.92. The third-order valence-corrected chi connectivity index (χ3v) is 3.27. The van der Waals surface area contributed by atoms with Crippen LogP contribution in [0.1, 0.15) is 17.9 Å². The predicted molar refractivity (Wildman–Crippen MR) is 59.2 cm³/mol. The van der Waals surface area contributed by atoms with Crippen LogP contribution < -0.4 is 0 Å². The maximum Gasteiger partial charge on any atom is 0.307 e. The summed E-state index contributed by atoms with van der Waals surface area (Å²) in [4.78, 5) is 15.2. The van der Waals surface area contributed by atoms with Crippen LogP contribution in [0, 0.1) is 5.92 Å². The standard InChI is InChI=1S/C12H12N2O2/c1-14-6-10(8-5-9(8)12(15)16)7-3-2-4-13-11(7)14/h2-4,6,8-9H,5H2,1H3,(H,15,16). The van der Waals surface area contributed by atoms with Gasteiger partial charge in [-0.25, -0.2) is 4.98 Å². The minimum absolute atomic E-state index is 0.172. The molecule has 1 aliphatic rings. The molecule has 16 heavy (non-hydrogen) atoms. The van der Waals surface area contributed by atoms with E-state index < -0.39 is 5.97 Å². The topological polar surface area (TPSA) is 55.1 Å². The fraction of sp³-hybridized carbons (Fsp3) is 0.333. The largest absolute Gasteiger partial charge is 0.481 e. The zero-order chi connectivity index (χ0) is 11.3. The Morgan fingerprint density at radius 1 is 1.62 bits per heavy atom. The van der Waals surface area contributed by atoms with E-state index in [4.69, 9.17) is 5.11 Å². The number of hydrogen-bond acceptors (Lipinski definition) is 2. The number of carbonyl (C=O) groups is 1. The van der Waals surface area contributed by atoms with Crippen molar-refractivity contribution in [3.05, 3.63) is 30.1 Å². The van der Waals surface area contributed by atoms with Crippen molar-refractivity contribution < 1.29 is 9.90 Å². The van der Waals surface area contributed by atoms with Gasteiger partial charge in [0.2, 0.25) is 0 Å². The highest BCUT2D eigenvalue weighted by molar-refractivity contribution is 5.84. The first-order valence-corrected chi connectivity index (χ1v) is 5.31. The first-order valence-electron chi connectivity index (χ1n) is 5.31. The van der Waals surface area contributed by atoms with E-state index in [0.29, 0.717) is 0 Å². The highest BCUT2D eigenvalue weighted by Crippen LogP contribution is 2.49. The quantitative estimate of drug-likeness (QED) is 0.832. The fourth-order valence-electron chi connectivity index (χ4n) is 2.35. The van der Waals surface area contributed by atoms with E-state index in [2.05, 4.69) is 4.98 Å². The Kier molecular flexibility index (Phi) is 1.80. The molecule has 2 aromatic heterocycles. The van der Waals surface area contributed by atoms with Crippen molar-refractivity contribution in [1.29, 1.82) is 0 Å². The van der Waals surface area contributed by atoms with Gasteiger partial charge in [0.1, 0.15) is 5.65 Å². The number of carboxylic acid groups (broad SMARTS) is 1. The Bertz CT molecular complexity index is 573. The summed E-state index contributed by atoms with van der Waals surface area (Å²) in [6, 6.07) is 3.90. The summed E-state index contributed by atoms with van der Waals surface area (Å²) in [5.74, 6) is -0.720. The summed E-state index contributed by atoms with van der Waals surface area (Å²) < 4.78 is 1.96. The molecule has 0 amide bonds. The van der Waals surface area contributed by atoms with Crippen molar-refractivity contribution in [1.82, 2.24) is 9.55 Å². The molecule has 3 rings (SSSR count). The molecule has 4 heteroatoms. The zero-order valence-electron chi connectivity index (χ0n) is 8.92. The van der Waals surface area contributed by atoms with Crippen LogP contribution in [0.5, 0.6) is 0 Å². The minimum atomic E-state index is -0.689. The molecule has 1 aliphatic carbocycles. The van der Waals surface area contributed by atoms with Crippen molar-refractivity contribution in [2.24, 2.45) is 13.0 Å². The highest BCUT2D eigenvalue weighted by atomic mass is 16.4. The molecule has 82 valence electrons. The molecule has 0 saturated heterocycles. The van der Waals surface area contributed by atoms with Crippen molar-refractivity contribution in [3.8, 4) is 0 Å². The molecule has 2 atom stereocenters. The summed E-state index contributed by atoms with van der Waals surface area (Å²) in [5, 5.41) is 10.0. The third kappa shape index (κ3) is 1.23. The van der Waals surface area contributed by atoms with E-state index in [1.165, 1.54) is 0 Å². The van der Waals surface area contributed by atoms with E-state index in [1.54, 1.807) is 6.20 Å². The minimum Gasteiger partial charge on any atom is -0.481 e. The first kappa shape index (κ1) is 9.39. The van der Waals surface area contributed by atoms with Gasteiger partial charge in [0.15, 0.2) is 0 Å². The van der Waals surface area contributed by atoms with Crippen LogP contribution >= 0.6 is 0 Å². The number of pyridine rings is 1. The van der Waals surface area contributed by atoms with Crippen LogP contribution in [0.3, 0.4) is 0 Å². The maximum atomic E-state index is 10.9. The Labute approximate surface area is 92.5 Å². The van der Waals surface area contributed by atoms with Crippen LogP contribution in [0.15, 0.2) is 24.5 Å². The normalized spacial score (nSPS) is 23.6. The fourth-order valence-corrected chi connectivity index (χ4v) is 2.35. The van der Waals surface area contributed by atoms with Crippen LogP contribution in [0.2, 0.25) is 0 Å². The average Bonchev–Trinajstić information content (AvgIpc) is 3.00. The summed E-state index contributed by atoms with van der Waals surface area (Å²) in [6.07, 6.45) is 4.52. The van der Waals surface area contributed by atoms with E-state index in [9.17, 15) is 4.79 Å². The number of aromatic nitrogens is 2. The van der Waals surface area contributed by atoms with Gasteiger partial charge in [0.05, 0.1) is 5.92 Å².